The second-order valence-corrected chi connectivity index (χ2v) is 3.28. The van der Waals surface area contributed by atoms with Gasteiger partial charge < -0.3 is 10.1 Å². The van der Waals surface area contributed by atoms with Crippen molar-refractivity contribution in [3.8, 4) is 5.75 Å². The van der Waals surface area contributed by atoms with Gasteiger partial charge in [0.05, 0.1) is 0 Å². The number of nitrogens with one attached hydrogen (secondary N) is 1. The van der Waals surface area contributed by atoms with Crippen molar-refractivity contribution in [2.24, 2.45) is 0 Å². The SMILES string of the molecule is C[C@H]1Oc2c(C(F)(F)F)ccnc2NC1=O. The normalized spacial score (nSPS) is 19.8. The quantitative estimate of drug-likeness (QED) is 0.742. The Morgan fingerprint density at radius 1 is 1.50 bits per heavy atom. The average Bonchev–Trinajstić information content (AvgIpc) is 2.17. The minimum atomic E-state index is -4.53. The molecule has 1 aliphatic heterocycles. The van der Waals surface area contributed by atoms with Gasteiger partial charge >= 0.3 is 6.18 Å². The Morgan fingerprint density at radius 3 is 2.81 bits per heavy atom. The Labute approximate surface area is 88.4 Å². The van der Waals surface area contributed by atoms with E-state index in [4.69, 9.17) is 4.74 Å². The molecule has 1 atom stereocenters. The molecule has 0 unspecified atom stereocenters. The van der Waals surface area contributed by atoms with E-state index in [2.05, 4.69) is 10.3 Å². The summed E-state index contributed by atoms with van der Waals surface area (Å²) in [6.07, 6.45) is -4.52. The Morgan fingerprint density at radius 2 is 2.19 bits per heavy atom. The summed E-state index contributed by atoms with van der Waals surface area (Å²) in [6.45, 7) is 1.37. The Balaban J connectivity index is 2.53. The van der Waals surface area contributed by atoms with Crippen molar-refractivity contribution in [3.63, 3.8) is 0 Å². The molecule has 0 spiro atoms. The number of fused-ring (bicyclic) bond motifs is 1. The third-order valence-corrected chi connectivity index (χ3v) is 2.12. The fraction of sp³-hybridized carbons (Fsp3) is 0.333. The lowest BCUT2D eigenvalue weighted by molar-refractivity contribution is -0.140. The van der Waals surface area contributed by atoms with Crippen molar-refractivity contribution in [3.05, 3.63) is 17.8 Å². The molecular formula is C9H7F3N2O2. The van der Waals surface area contributed by atoms with Crippen molar-refractivity contribution in [2.45, 2.75) is 19.2 Å². The number of carbonyl (C=O) groups excluding carboxylic acids is 1. The van der Waals surface area contributed by atoms with Crippen LogP contribution in [-0.2, 0) is 11.0 Å². The van der Waals surface area contributed by atoms with Crippen LogP contribution in [0.25, 0.3) is 0 Å². The van der Waals surface area contributed by atoms with Crippen molar-refractivity contribution in [2.75, 3.05) is 5.32 Å². The molecule has 4 nitrogen and oxygen atoms in total. The number of amides is 1. The molecule has 0 saturated carbocycles. The number of hydrogen-bond donors (Lipinski definition) is 1. The summed E-state index contributed by atoms with van der Waals surface area (Å²) in [5, 5.41) is 2.25. The molecule has 0 saturated heterocycles. The first-order chi connectivity index (χ1) is 7.39. The number of pyridine rings is 1. The number of hydrogen-bond acceptors (Lipinski definition) is 3. The molecule has 86 valence electrons. The Bertz CT molecular complexity index is 445. The lowest BCUT2D eigenvalue weighted by atomic mass is 10.2. The molecule has 16 heavy (non-hydrogen) atoms. The summed E-state index contributed by atoms with van der Waals surface area (Å²) in [7, 11) is 0. The average molecular weight is 232 g/mol. The zero-order chi connectivity index (χ0) is 11.9. The van der Waals surface area contributed by atoms with Crippen molar-refractivity contribution in [1.29, 1.82) is 0 Å². The van der Waals surface area contributed by atoms with Gasteiger partial charge in [0.25, 0.3) is 5.91 Å². The molecule has 0 aromatic carbocycles. The smallest absolute Gasteiger partial charge is 0.420 e. The maximum atomic E-state index is 12.6. The zero-order valence-electron chi connectivity index (χ0n) is 8.13. The monoisotopic (exact) mass is 232 g/mol. The van der Waals surface area contributed by atoms with Crippen molar-refractivity contribution in [1.82, 2.24) is 4.98 Å². The van der Waals surface area contributed by atoms with Crippen LogP contribution in [0, 0.1) is 0 Å². The highest BCUT2D eigenvalue weighted by Gasteiger charge is 2.38. The highest BCUT2D eigenvalue weighted by molar-refractivity contribution is 5.96. The van der Waals surface area contributed by atoms with E-state index < -0.39 is 29.5 Å². The molecule has 0 fully saturated rings. The second-order valence-electron chi connectivity index (χ2n) is 3.28. The number of aromatic nitrogens is 1. The molecule has 0 aliphatic carbocycles. The van der Waals surface area contributed by atoms with E-state index in [-0.39, 0.29) is 5.82 Å². The van der Waals surface area contributed by atoms with E-state index in [1.807, 2.05) is 0 Å². The zero-order valence-corrected chi connectivity index (χ0v) is 8.13. The van der Waals surface area contributed by atoms with Crippen LogP contribution < -0.4 is 10.1 Å². The molecule has 2 rings (SSSR count). The first-order valence-corrected chi connectivity index (χ1v) is 4.43. The Kier molecular flexibility index (Phi) is 2.25. The van der Waals surface area contributed by atoms with Crippen LogP contribution in [0.4, 0.5) is 19.0 Å². The summed E-state index contributed by atoms with van der Waals surface area (Å²) >= 11 is 0. The third-order valence-electron chi connectivity index (χ3n) is 2.12. The highest BCUT2D eigenvalue weighted by Crippen LogP contribution is 2.41. The maximum absolute atomic E-state index is 12.6. The van der Waals surface area contributed by atoms with E-state index in [1.165, 1.54) is 6.92 Å². The van der Waals surface area contributed by atoms with E-state index in [9.17, 15) is 18.0 Å². The molecule has 1 aliphatic rings. The van der Waals surface area contributed by atoms with Gasteiger partial charge in [0, 0.05) is 6.20 Å². The first-order valence-electron chi connectivity index (χ1n) is 4.43. The molecule has 1 N–H and O–H groups in total. The van der Waals surface area contributed by atoms with Gasteiger partial charge in [-0.15, -0.1) is 0 Å². The van der Waals surface area contributed by atoms with Gasteiger partial charge in [0.15, 0.2) is 17.7 Å². The van der Waals surface area contributed by atoms with E-state index in [0.717, 1.165) is 12.3 Å². The van der Waals surface area contributed by atoms with E-state index in [1.54, 1.807) is 0 Å². The second kappa shape index (κ2) is 3.36. The summed E-state index contributed by atoms with van der Waals surface area (Å²) < 4.78 is 42.6. The van der Waals surface area contributed by atoms with E-state index >= 15 is 0 Å². The first kappa shape index (κ1) is 10.7. The van der Waals surface area contributed by atoms with E-state index in [0.29, 0.717) is 0 Å². The number of anilines is 1. The number of rotatable bonds is 0. The summed E-state index contributed by atoms with van der Waals surface area (Å²) in [4.78, 5) is 14.8. The summed E-state index contributed by atoms with van der Waals surface area (Å²) in [6, 6.07) is 0.809. The maximum Gasteiger partial charge on any atom is 0.420 e. The van der Waals surface area contributed by atoms with Crippen molar-refractivity contribution >= 4 is 11.7 Å². The van der Waals surface area contributed by atoms with Gasteiger partial charge in [-0.3, -0.25) is 4.79 Å². The predicted molar refractivity (Wildman–Crippen MR) is 48.0 cm³/mol. The standard InChI is InChI=1S/C9H7F3N2O2/c1-4-8(15)14-7-6(16-4)5(2-3-13-7)9(10,11)12/h2-4H,1H3,(H,13,14,15)/t4-/m1/s1. The molecule has 1 aromatic heterocycles. The fourth-order valence-electron chi connectivity index (χ4n) is 1.33. The fourth-order valence-corrected chi connectivity index (χ4v) is 1.33. The summed E-state index contributed by atoms with van der Waals surface area (Å²) in [5.41, 5.74) is -0.940. The van der Waals surface area contributed by atoms with Crippen LogP contribution >= 0.6 is 0 Å². The summed E-state index contributed by atoms with van der Waals surface area (Å²) in [5.74, 6) is -1.14. The number of ether oxygens (including phenoxy) is 1. The van der Waals surface area contributed by atoms with Crippen LogP contribution in [-0.4, -0.2) is 17.0 Å². The predicted octanol–water partition coefficient (Wildman–Crippen LogP) is 1.82. The number of halogens is 3. The Hall–Kier alpha value is -1.79. The third kappa shape index (κ3) is 1.68. The molecular weight excluding hydrogens is 225 g/mol. The van der Waals surface area contributed by atoms with Crippen LogP contribution in [0.2, 0.25) is 0 Å². The number of alkyl halides is 3. The number of carbonyl (C=O) groups is 1. The van der Waals surface area contributed by atoms with Gasteiger partial charge in [-0.1, -0.05) is 0 Å². The van der Waals surface area contributed by atoms with Gasteiger partial charge in [-0.25, -0.2) is 4.98 Å². The minimum Gasteiger partial charge on any atom is -0.476 e. The largest absolute Gasteiger partial charge is 0.476 e. The highest BCUT2D eigenvalue weighted by atomic mass is 19.4. The van der Waals surface area contributed by atoms with Crippen LogP contribution in [0.15, 0.2) is 12.3 Å². The van der Waals surface area contributed by atoms with Gasteiger partial charge in [-0.2, -0.15) is 13.2 Å². The molecule has 1 aromatic rings. The molecule has 7 heteroatoms. The molecule has 0 radical (unpaired) electrons. The van der Waals surface area contributed by atoms with Crippen molar-refractivity contribution < 1.29 is 22.7 Å². The van der Waals surface area contributed by atoms with Crippen LogP contribution in [0.3, 0.4) is 0 Å². The molecule has 2 heterocycles. The van der Waals surface area contributed by atoms with Crippen LogP contribution in [0.5, 0.6) is 5.75 Å². The number of nitrogens with zero attached hydrogens (tertiary/aromatic N) is 1. The topological polar surface area (TPSA) is 51.2 Å². The van der Waals surface area contributed by atoms with Gasteiger partial charge in [0.1, 0.15) is 5.56 Å². The van der Waals surface area contributed by atoms with Gasteiger partial charge in [0.2, 0.25) is 0 Å². The lowest BCUT2D eigenvalue weighted by Gasteiger charge is -2.24. The van der Waals surface area contributed by atoms with Crippen LogP contribution in [0.1, 0.15) is 12.5 Å². The lowest BCUT2D eigenvalue weighted by Crippen LogP contribution is -2.35. The molecule has 0 bridgehead atoms. The minimum absolute atomic E-state index is 0.196. The molecule has 1 amide bonds. The van der Waals surface area contributed by atoms with Gasteiger partial charge in [-0.05, 0) is 13.0 Å².